The first-order valence-electron chi connectivity index (χ1n) is 7.33. The average Bonchev–Trinajstić information content (AvgIpc) is 2.95. The van der Waals surface area contributed by atoms with E-state index in [1.165, 1.54) is 12.8 Å². The molecule has 0 aliphatic carbocycles. The largest absolute Gasteiger partial charge is 0.310 e. The molecule has 1 aliphatic heterocycles. The van der Waals surface area contributed by atoms with E-state index in [-0.39, 0.29) is 0 Å². The molecule has 1 aliphatic rings. The minimum absolute atomic E-state index is 0.499. The maximum absolute atomic E-state index is 4.41. The van der Waals surface area contributed by atoms with Gasteiger partial charge in [-0.05, 0) is 37.4 Å². The number of hydrogen-bond acceptors (Lipinski definition) is 2. The van der Waals surface area contributed by atoms with E-state index in [1.54, 1.807) is 0 Å². The van der Waals surface area contributed by atoms with Gasteiger partial charge in [-0.1, -0.05) is 37.3 Å². The second-order valence-electron chi connectivity index (χ2n) is 5.60. The summed E-state index contributed by atoms with van der Waals surface area (Å²) in [6.45, 7) is 3.45. The van der Waals surface area contributed by atoms with E-state index in [4.69, 9.17) is 0 Å². The van der Waals surface area contributed by atoms with Gasteiger partial charge in [0.1, 0.15) is 0 Å². The zero-order chi connectivity index (χ0) is 13.8. The van der Waals surface area contributed by atoms with Crippen molar-refractivity contribution in [1.29, 1.82) is 0 Å². The van der Waals surface area contributed by atoms with Crippen LogP contribution in [0.5, 0.6) is 0 Å². The number of aromatic nitrogens is 2. The summed E-state index contributed by atoms with van der Waals surface area (Å²) < 4.78 is 1.91. The third kappa shape index (κ3) is 3.17. The minimum Gasteiger partial charge on any atom is -0.310 e. The van der Waals surface area contributed by atoms with Gasteiger partial charge in [0.15, 0.2) is 0 Å². The molecule has 2 unspecified atom stereocenters. The van der Waals surface area contributed by atoms with Gasteiger partial charge in [-0.3, -0.25) is 0 Å². The van der Waals surface area contributed by atoms with E-state index in [2.05, 4.69) is 47.8 Å². The smallest absolute Gasteiger partial charge is 0.0645 e. The molecule has 2 atom stereocenters. The number of benzene rings is 1. The molecule has 2 heterocycles. The standard InChI is InChI=1S/C17H21N3/c1-14-9-10-18-16(11-14)8-7-15-12-19-20(13-15)17-5-3-2-4-6-17/h2-8,12-14,16,18H,9-11H2,1H3/b8-7+. The highest BCUT2D eigenvalue weighted by atomic mass is 15.3. The monoisotopic (exact) mass is 267 g/mol. The van der Waals surface area contributed by atoms with Gasteiger partial charge in [0.2, 0.25) is 0 Å². The van der Waals surface area contributed by atoms with Crippen LogP contribution in [0.15, 0.2) is 48.8 Å². The second kappa shape index (κ2) is 6.06. The van der Waals surface area contributed by atoms with Gasteiger partial charge in [-0.15, -0.1) is 0 Å². The summed E-state index contributed by atoms with van der Waals surface area (Å²) in [5.41, 5.74) is 2.24. The Morgan fingerprint density at radius 1 is 1.30 bits per heavy atom. The normalized spacial score (nSPS) is 23.2. The molecule has 1 aromatic carbocycles. The molecule has 1 N–H and O–H groups in total. The summed E-state index contributed by atoms with van der Waals surface area (Å²) in [6.07, 6.45) is 10.9. The molecular formula is C17H21N3. The lowest BCUT2D eigenvalue weighted by atomic mass is 9.94. The van der Waals surface area contributed by atoms with Crippen LogP contribution in [0.25, 0.3) is 11.8 Å². The van der Waals surface area contributed by atoms with Crippen LogP contribution in [-0.4, -0.2) is 22.4 Å². The van der Waals surface area contributed by atoms with Crippen LogP contribution in [0.1, 0.15) is 25.3 Å². The van der Waals surface area contributed by atoms with Crippen molar-refractivity contribution in [2.24, 2.45) is 5.92 Å². The molecule has 3 rings (SSSR count). The number of nitrogens with zero attached hydrogens (tertiary/aromatic N) is 2. The van der Waals surface area contributed by atoms with Crippen molar-refractivity contribution in [1.82, 2.24) is 15.1 Å². The molecule has 2 aromatic rings. The summed E-state index contributed by atoms with van der Waals surface area (Å²) in [7, 11) is 0. The van der Waals surface area contributed by atoms with Crippen molar-refractivity contribution >= 4 is 6.08 Å². The molecule has 20 heavy (non-hydrogen) atoms. The van der Waals surface area contributed by atoms with Crippen LogP contribution >= 0.6 is 0 Å². The third-order valence-electron chi connectivity index (χ3n) is 3.84. The van der Waals surface area contributed by atoms with Gasteiger partial charge in [0, 0.05) is 17.8 Å². The lowest BCUT2D eigenvalue weighted by Gasteiger charge is -2.25. The topological polar surface area (TPSA) is 29.9 Å². The Balaban J connectivity index is 1.68. The first-order chi connectivity index (χ1) is 9.81. The van der Waals surface area contributed by atoms with Crippen LogP contribution in [-0.2, 0) is 0 Å². The van der Waals surface area contributed by atoms with Crippen molar-refractivity contribution in [3.63, 3.8) is 0 Å². The summed E-state index contributed by atoms with van der Waals surface area (Å²) in [5.74, 6) is 0.818. The number of piperidine rings is 1. The highest BCUT2D eigenvalue weighted by Crippen LogP contribution is 2.17. The molecule has 0 radical (unpaired) electrons. The fraction of sp³-hybridized carbons (Fsp3) is 0.353. The van der Waals surface area contributed by atoms with E-state index >= 15 is 0 Å². The van der Waals surface area contributed by atoms with Gasteiger partial charge < -0.3 is 5.32 Å². The lowest BCUT2D eigenvalue weighted by molar-refractivity contribution is 0.357. The Labute approximate surface area is 120 Å². The molecule has 1 aromatic heterocycles. The van der Waals surface area contributed by atoms with Crippen LogP contribution in [0.3, 0.4) is 0 Å². The van der Waals surface area contributed by atoms with Crippen molar-refractivity contribution < 1.29 is 0 Å². The SMILES string of the molecule is CC1CCNC(/C=C/c2cnn(-c3ccccc3)c2)C1. The second-order valence-corrected chi connectivity index (χ2v) is 5.60. The van der Waals surface area contributed by atoms with E-state index in [1.807, 2.05) is 29.1 Å². The van der Waals surface area contributed by atoms with E-state index < -0.39 is 0 Å². The predicted octanol–water partition coefficient (Wildman–Crippen LogP) is 3.27. The third-order valence-corrected chi connectivity index (χ3v) is 3.84. The highest BCUT2D eigenvalue weighted by molar-refractivity contribution is 5.49. The molecule has 0 spiro atoms. The minimum atomic E-state index is 0.499. The van der Waals surface area contributed by atoms with Crippen LogP contribution in [0.4, 0.5) is 0 Å². The quantitative estimate of drug-likeness (QED) is 0.925. The Morgan fingerprint density at radius 2 is 2.15 bits per heavy atom. The number of rotatable bonds is 3. The molecule has 0 bridgehead atoms. The fourth-order valence-electron chi connectivity index (χ4n) is 2.67. The Hall–Kier alpha value is -1.87. The molecule has 104 valence electrons. The molecule has 1 saturated heterocycles. The molecule has 3 nitrogen and oxygen atoms in total. The van der Waals surface area contributed by atoms with Crippen molar-refractivity contribution in [2.75, 3.05) is 6.54 Å². The van der Waals surface area contributed by atoms with Crippen LogP contribution in [0, 0.1) is 5.92 Å². The Morgan fingerprint density at radius 3 is 2.95 bits per heavy atom. The zero-order valence-electron chi connectivity index (χ0n) is 11.9. The van der Waals surface area contributed by atoms with Gasteiger partial charge >= 0.3 is 0 Å². The summed E-state index contributed by atoms with van der Waals surface area (Å²) in [6, 6.07) is 10.7. The summed E-state index contributed by atoms with van der Waals surface area (Å²) in [5, 5.41) is 7.95. The maximum atomic E-state index is 4.41. The number of hydrogen-bond donors (Lipinski definition) is 1. The first kappa shape index (κ1) is 13.1. The maximum Gasteiger partial charge on any atom is 0.0645 e. The van der Waals surface area contributed by atoms with Crippen molar-refractivity contribution in [3.05, 3.63) is 54.4 Å². The highest BCUT2D eigenvalue weighted by Gasteiger charge is 2.15. The van der Waals surface area contributed by atoms with E-state index in [0.29, 0.717) is 6.04 Å². The molecule has 0 saturated carbocycles. The molecule has 3 heteroatoms. The van der Waals surface area contributed by atoms with Gasteiger partial charge in [-0.25, -0.2) is 4.68 Å². The number of para-hydroxylation sites is 1. The Bertz CT molecular complexity index is 571. The molecule has 1 fully saturated rings. The van der Waals surface area contributed by atoms with Crippen LogP contribution < -0.4 is 5.32 Å². The summed E-state index contributed by atoms with van der Waals surface area (Å²) in [4.78, 5) is 0. The van der Waals surface area contributed by atoms with Crippen LogP contribution in [0.2, 0.25) is 0 Å². The van der Waals surface area contributed by atoms with E-state index in [9.17, 15) is 0 Å². The zero-order valence-corrected chi connectivity index (χ0v) is 11.9. The average molecular weight is 267 g/mol. The Kier molecular flexibility index (Phi) is 3.97. The first-order valence-corrected chi connectivity index (χ1v) is 7.33. The lowest BCUT2D eigenvalue weighted by Crippen LogP contribution is -2.35. The van der Waals surface area contributed by atoms with Gasteiger partial charge in [-0.2, -0.15) is 5.10 Å². The summed E-state index contributed by atoms with van der Waals surface area (Å²) >= 11 is 0. The molecular weight excluding hydrogens is 246 g/mol. The van der Waals surface area contributed by atoms with Gasteiger partial charge in [0.25, 0.3) is 0 Å². The predicted molar refractivity (Wildman–Crippen MR) is 82.8 cm³/mol. The fourth-order valence-corrected chi connectivity index (χ4v) is 2.67. The molecule has 0 amide bonds. The van der Waals surface area contributed by atoms with E-state index in [0.717, 1.165) is 23.7 Å². The van der Waals surface area contributed by atoms with Crippen molar-refractivity contribution in [3.8, 4) is 5.69 Å². The number of nitrogens with one attached hydrogen (secondary N) is 1. The van der Waals surface area contributed by atoms with Crippen molar-refractivity contribution in [2.45, 2.75) is 25.8 Å². The van der Waals surface area contributed by atoms with Gasteiger partial charge in [0.05, 0.1) is 11.9 Å².